The van der Waals surface area contributed by atoms with Gasteiger partial charge in [-0.05, 0) is 71.1 Å². The Morgan fingerprint density at radius 2 is 1.79 bits per heavy atom. The van der Waals surface area contributed by atoms with E-state index < -0.39 is 0 Å². The van der Waals surface area contributed by atoms with Gasteiger partial charge in [0.25, 0.3) is 5.91 Å². The maximum Gasteiger partial charge on any atom is 0.257 e. The lowest BCUT2D eigenvalue weighted by molar-refractivity contribution is 0.0973. The standard InChI is InChI=1S/C28H23FIN7O/c1-37(2)27(31)36-26(38)16-7-10-19(11-8-16)34-28-33-15-17-14-32-25(21-5-3-4-6-23(21)29)22-13-18(30)9-12-20(22)24(17)35-28/h3-13,15H,14H2,1-2H3,(H2,31,36,38)(H,33,34,35). The molecule has 3 aromatic carbocycles. The number of nitrogens with one attached hydrogen (secondary N) is 3. The van der Waals surface area contributed by atoms with Crippen molar-refractivity contribution in [3.8, 4) is 11.3 Å². The first-order valence-electron chi connectivity index (χ1n) is 11.7. The van der Waals surface area contributed by atoms with Crippen LogP contribution >= 0.6 is 22.6 Å². The molecule has 0 saturated heterocycles. The second-order valence-electron chi connectivity index (χ2n) is 8.80. The number of hydrogen-bond acceptors (Lipinski definition) is 6. The summed E-state index contributed by atoms with van der Waals surface area (Å²) < 4.78 is 15.8. The average molecular weight is 619 g/mol. The molecule has 0 saturated carbocycles. The first-order chi connectivity index (χ1) is 18.3. The van der Waals surface area contributed by atoms with Gasteiger partial charge in [0.15, 0.2) is 5.96 Å². The van der Waals surface area contributed by atoms with Crippen LogP contribution in [0.2, 0.25) is 0 Å². The number of nitrogens with zero attached hydrogens (tertiary/aromatic N) is 4. The lowest BCUT2D eigenvalue weighted by atomic mass is 9.95. The smallest absolute Gasteiger partial charge is 0.257 e. The zero-order chi connectivity index (χ0) is 26.8. The molecule has 2 heterocycles. The number of amides is 1. The maximum absolute atomic E-state index is 14.8. The van der Waals surface area contributed by atoms with Gasteiger partial charge in [0, 0.05) is 57.4 Å². The molecule has 4 aromatic rings. The van der Waals surface area contributed by atoms with E-state index in [-0.39, 0.29) is 17.7 Å². The number of hydrogen-bond donors (Lipinski definition) is 3. The van der Waals surface area contributed by atoms with Crippen molar-refractivity contribution < 1.29 is 9.18 Å². The van der Waals surface area contributed by atoms with E-state index >= 15 is 0 Å². The molecule has 0 atom stereocenters. The van der Waals surface area contributed by atoms with Crippen LogP contribution in [0.25, 0.3) is 11.3 Å². The van der Waals surface area contributed by atoms with E-state index in [4.69, 9.17) is 15.4 Å². The zero-order valence-corrected chi connectivity index (χ0v) is 22.7. The summed E-state index contributed by atoms with van der Waals surface area (Å²) in [6.07, 6.45) is 1.73. The normalized spacial score (nSPS) is 11.9. The summed E-state index contributed by atoms with van der Waals surface area (Å²) in [5, 5.41) is 13.5. The predicted molar refractivity (Wildman–Crippen MR) is 155 cm³/mol. The van der Waals surface area contributed by atoms with Crippen LogP contribution in [0.4, 0.5) is 16.0 Å². The van der Waals surface area contributed by atoms with E-state index in [1.54, 1.807) is 62.8 Å². The molecule has 0 fully saturated rings. The van der Waals surface area contributed by atoms with Crippen LogP contribution in [0.1, 0.15) is 27.0 Å². The highest BCUT2D eigenvalue weighted by Gasteiger charge is 2.23. The molecule has 0 bridgehead atoms. The fourth-order valence-corrected chi connectivity index (χ4v) is 4.48. The van der Waals surface area contributed by atoms with E-state index in [0.29, 0.717) is 35.0 Å². The highest BCUT2D eigenvalue weighted by Crippen LogP contribution is 2.33. The number of aliphatic imine (C=N–C) groups is 1. The summed E-state index contributed by atoms with van der Waals surface area (Å²) in [7, 11) is 3.37. The van der Waals surface area contributed by atoms with Crippen molar-refractivity contribution in [2.75, 3.05) is 19.4 Å². The monoisotopic (exact) mass is 619 g/mol. The fourth-order valence-electron chi connectivity index (χ4n) is 3.99. The van der Waals surface area contributed by atoms with Crippen molar-refractivity contribution in [2.24, 2.45) is 4.99 Å². The van der Waals surface area contributed by atoms with Crippen LogP contribution in [0, 0.1) is 14.8 Å². The minimum absolute atomic E-state index is 0.00712. The summed E-state index contributed by atoms with van der Waals surface area (Å²) in [5.41, 5.74) is 5.36. The summed E-state index contributed by atoms with van der Waals surface area (Å²) in [6, 6.07) is 19.4. The van der Waals surface area contributed by atoms with Crippen LogP contribution in [0.15, 0.2) is 77.9 Å². The first kappa shape index (κ1) is 25.5. The molecule has 190 valence electrons. The Morgan fingerprint density at radius 3 is 2.53 bits per heavy atom. The Bertz CT molecular complexity index is 1580. The van der Waals surface area contributed by atoms with Crippen LogP contribution < -0.4 is 10.6 Å². The van der Waals surface area contributed by atoms with E-state index in [9.17, 15) is 9.18 Å². The van der Waals surface area contributed by atoms with Gasteiger partial charge in [0.05, 0.1) is 18.0 Å². The van der Waals surface area contributed by atoms with Crippen molar-refractivity contribution >= 4 is 51.8 Å². The van der Waals surface area contributed by atoms with Crippen LogP contribution in [-0.2, 0) is 6.54 Å². The molecule has 0 radical (unpaired) electrons. The predicted octanol–water partition coefficient (Wildman–Crippen LogP) is 5.21. The van der Waals surface area contributed by atoms with E-state index in [1.807, 2.05) is 18.2 Å². The molecule has 0 aliphatic carbocycles. The van der Waals surface area contributed by atoms with Gasteiger partial charge in [0.1, 0.15) is 5.82 Å². The van der Waals surface area contributed by atoms with Gasteiger partial charge in [-0.3, -0.25) is 20.5 Å². The molecule has 3 N–H and O–H groups in total. The quantitative estimate of drug-likeness (QED) is 0.165. The van der Waals surface area contributed by atoms with Gasteiger partial charge in [-0.25, -0.2) is 14.4 Å². The number of carbonyl (C=O) groups excluding carboxylic acids is 1. The summed E-state index contributed by atoms with van der Waals surface area (Å²) in [4.78, 5) is 27.9. The highest BCUT2D eigenvalue weighted by molar-refractivity contribution is 14.1. The van der Waals surface area contributed by atoms with Crippen molar-refractivity contribution in [1.29, 1.82) is 5.41 Å². The number of anilines is 2. The minimum Gasteiger partial charge on any atom is -0.349 e. The third-order valence-electron chi connectivity index (χ3n) is 5.98. The van der Waals surface area contributed by atoms with Gasteiger partial charge in [0.2, 0.25) is 5.95 Å². The van der Waals surface area contributed by atoms with Crippen molar-refractivity contribution in [3.63, 3.8) is 0 Å². The summed E-state index contributed by atoms with van der Waals surface area (Å²) in [6.45, 7) is 0.316. The third kappa shape index (κ3) is 5.25. The Labute approximate surface area is 232 Å². The van der Waals surface area contributed by atoms with Crippen molar-refractivity contribution in [1.82, 2.24) is 20.2 Å². The minimum atomic E-state index is -0.367. The van der Waals surface area contributed by atoms with Crippen LogP contribution in [-0.4, -0.2) is 46.5 Å². The topological polar surface area (TPSA) is 106 Å². The molecule has 0 spiro atoms. The van der Waals surface area contributed by atoms with Gasteiger partial charge in [-0.1, -0.05) is 18.2 Å². The number of aromatic nitrogens is 2. The highest BCUT2D eigenvalue weighted by atomic mass is 127. The summed E-state index contributed by atoms with van der Waals surface area (Å²) >= 11 is 2.24. The van der Waals surface area contributed by atoms with Crippen molar-refractivity contribution in [3.05, 3.63) is 105 Å². The Balaban J connectivity index is 1.44. The molecule has 38 heavy (non-hydrogen) atoms. The molecule has 5 rings (SSSR count). The largest absolute Gasteiger partial charge is 0.349 e. The second-order valence-corrected chi connectivity index (χ2v) is 10.0. The van der Waals surface area contributed by atoms with E-state index in [0.717, 1.165) is 26.0 Å². The van der Waals surface area contributed by atoms with Crippen LogP contribution in [0.5, 0.6) is 0 Å². The molecule has 10 heteroatoms. The first-order valence-corrected chi connectivity index (χ1v) is 12.8. The van der Waals surface area contributed by atoms with E-state index in [2.05, 4.69) is 38.2 Å². The third-order valence-corrected chi connectivity index (χ3v) is 6.65. The van der Waals surface area contributed by atoms with Crippen LogP contribution in [0.3, 0.4) is 0 Å². The number of halogens is 2. The zero-order valence-electron chi connectivity index (χ0n) is 20.6. The van der Waals surface area contributed by atoms with Gasteiger partial charge < -0.3 is 10.2 Å². The Morgan fingerprint density at radius 1 is 1.03 bits per heavy atom. The Hall–Kier alpha value is -4.19. The molecule has 8 nitrogen and oxygen atoms in total. The number of guanidine groups is 1. The number of benzene rings is 3. The molecular weight excluding hydrogens is 596 g/mol. The Kier molecular flexibility index (Phi) is 7.14. The van der Waals surface area contributed by atoms with Gasteiger partial charge in [-0.2, -0.15) is 0 Å². The molecule has 0 unspecified atom stereocenters. The lowest BCUT2D eigenvalue weighted by Gasteiger charge is -2.14. The van der Waals surface area contributed by atoms with Gasteiger partial charge in [-0.15, -0.1) is 0 Å². The van der Waals surface area contributed by atoms with E-state index in [1.165, 1.54) is 11.0 Å². The molecule has 1 aliphatic rings. The number of carbonyl (C=O) groups is 1. The second kappa shape index (κ2) is 10.7. The molecule has 1 aromatic heterocycles. The average Bonchev–Trinajstić information content (AvgIpc) is 3.05. The molecule has 1 amide bonds. The SMILES string of the molecule is CN(C)C(=N)NC(=O)c1ccc(Nc2ncc3c(n2)-c2ccc(I)cc2C(c2ccccc2F)=NC3)cc1. The van der Waals surface area contributed by atoms with Crippen molar-refractivity contribution in [2.45, 2.75) is 6.54 Å². The summed E-state index contributed by atoms with van der Waals surface area (Å²) in [5.74, 6) is -0.304. The molecular formula is C28H23FIN7O. The van der Waals surface area contributed by atoms with Gasteiger partial charge >= 0.3 is 0 Å². The number of rotatable bonds is 4. The maximum atomic E-state index is 14.8. The fraction of sp³-hybridized carbons (Fsp3) is 0.107. The molecule has 1 aliphatic heterocycles. The lowest BCUT2D eigenvalue weighted by Crippen LogP contribution is -2.39. The number of fused-ring (bicyclic) bond motifs is 3.